The molecule has 0 aliphatic carbocycles. The van der Waals surface area contributed by atoms with Gasteiger partial charge in [0, 0.05) is 12.1 Å². The van der Waals surface area contributed by atoms with Crippen LogP contribution >= 0.6 is 0 Å². The maximum absolute atomic E-state index is 12.1. The Morgan fingerprint density at radius 2 is 1.48 bits per heavy atom. The van der Waals surface area contributed by atoms with Crippen LogP contribution in [0.5, 0.6) is 0 Å². The average Bonchev–Trinajstić information content (AvgIpc) is 2.53. The summed E-state index contributed by atoms with van der Waals surface area (Å²) in [6, 6.07) is 7.08. The predicted octanol–water partition coefficient (Wildman–Crippen LogP) is 3.10. The van der Waals surface area contributed by atoms with Gasteiger partial charge in [0.25, 0.3) is 5.69 Å². The molecule has 0 fully saturated rings. The van der Waals surface area contributed by atoms with E-state index in [0.717, 1.165) is 0 Å². The number of hydrogen-bond donors (Lipinski definition) is 0. The molecule has 2 rings (SSSR count). The number of rotatable bonds is 5. The topological polar surface area (TPSA) is 95.7 Å². The number of fused-ring (bicyclic) bond motifs is 1. The molecule has 7 heteroatoms. The van der Waals surface area contributed by atoms with Crippen LogP contribution in [0.1, 0.15) is 34.6 Å². The Bertz CT molecular complexity index is 783. The third kappa shape index (κ3) is 3.45. The van der Waals surface area contributed by atoms with E-state index in [9.17, 15) is 19.7 Å². The summed E-state index contributed by atoms with van der Waals surface area (Å²) in [5.41, 5.74) is 0.00106. The predicted molar refractivity (Wildman–Crippen MR) is 82.5 cm³/mol. The number of non-ortho nitro benzene ring substituents is 1. The van der Waals surface area contributed by atoms with Crippen LogP contribution in [0.2, 0.25) is 0 Å². The second-order valence-corrected chi connectivity index (χ2v) is 4.63. The van der Waals surface area contributed by atoms with Crippen molar-refractivity contribution in [2.24, 2.45) is 0 Å². The van der Waals surface area contributed by atoms with E-state index < -0.39 is 16.9 Å². The van der Waals surface area contributed by atoms with Crippen LogP contribution in [0.15, 0.2) is 30.3 Å². The van der Waals surface area contributed by atoms with Crippen LogP contribution in [0.25, 0.3) is 10.8 Å². The lowest BCUT2D eigenvalue weighted by molar-refractivity contribution is -0.384. The lowest BCUT2D eigenvalue weighted by Gasteiger charge is -2.10. The Hall–Kier alpha value is -2.96. The fourth-order valence-corrected chi connectivity index (χ4v) is 2.15. The molecule has 0 saturated heterocycles. The van der Waals surface area contributed by atoms with Crippen molar-refractivity contribution in [1.82, 2.24) is 0 Å². The minimum atomic E-state index is -0.677. The van der Waals surface area contributed by atoms with Gasteiger partial charge in [-0.2, -0.15) is 0 Å². The molecule has 0 radical (unpaired) electrons. The van der Waals surface area contributed by atoms with Crippen LogP contribution < -0.4 is 0 Å². The summed E-state index contributed by atoms with van der Waals surface area (Å²) in [4.78, 5) is 34.5. The van der Waals surface area contributed by atoms with Crippen molar-refractivity contribution in [2.75, 3.05) is 13.2 Å². The van der Waals surface area contributed by atoms with E-state index in [1.807, 2.05) is 0 Å². The highest BCUT2D eigenvalue weighted by Gasteiger charge is 2.21. The van der Waals surface area contributed by atoms with Gasteiger partial charge < -0.3 is 9.47 Å². The quantitative estimate of drug-likeness (QED) is 0.477. The summed E-state index contributed by atoms with van der Waals surface area (Å²) in [6.45, 7) is 3.62. The SMILES string of the molecule is CCOC(=O)c1cc2ccc([N+](=O)[O-])cc2cc1C(=O)OCC. The molecule has 7 nitrogen and oxygen atoms in total. The van der Waals surface area contributed by atoms with Gasteiger partial charge in [-0.05, 0) is 42.8 Å². The number of ether oxygens (including phenoxy) is 2. The third-order valence-corrected chi connectivity index (χ3v) is 3.16. The highest BCUT2D eigenvalue weighted by atomic mass is 16.6. The fourth-order valence-electron chi connectivity index (χ4n) is 2.15. The number of carbonyl (C=O) groups is 2. The molecule has 0 amide bonds. The lowest BCUT2D eigenvalue weighted by atomic mass is 10.0. The van der Waals surface area contributed by atoms with Gasteiger partial charge in [-0.1, -0.05) is 0 Å². The molecule has 0 aliphatic heterocycles. The second-order valence-electron chi connectivity index (χ2n) is 4.63. The van der Waals surface area contributed by atoms with Gasteiger partial charge in [-0.3, -0.25) is 10.1 Å². The van der Waals surface area contributed by atoms with E-state index in [2.05, 4.69) is 0 Å². The third-order valence-electron chi connectivity index (χ3n) is 3.16. The Balaban J connectivity index is 2.64. The number of carbonyl (C=O) groups excluding carboxylic acids is 2. The molecule has 23 heavy (non-hydrogen) atoms. The summed E-state index contributed by atoms with van der Waals surface area (Å²) >= 11 is 0. The maximum atomic E-state index is 12.1. The number of benzene rings is 2. The van der Waals surface area contributed by atoms with E-state index in [-0.39, 0.29) is 30.0 Å². The highest BCUT2D eigenvalue weighted by Crippen LogP contribution is 2.25. The van der Waals surface area contributed by atoms with Gasteiger partial charge in [-0.25, -0.2) is 9.59 Å². The molecule has 2 aromatic carbocycles. The number of nitro groups is 1. The number of nitro benzene ring substituents is 1. The van der Waals surface area contributed by atoms with Crippen LogP contribution in [0, 0.1) is 10.1 Å². The minimum absolute atomic E-state index is 0.0262. The molecule has 0 aromatic heterocycles. The molecule has 0 bridgehead atoms. The first-order chi connectivity index (χ1) is 11.0. The van der Waals surface area contributed by atoms with Crippen molar-refractivity contribution in [3.63, 3.8) is 0 Å². The molecule has 2 aromatic rings. The Kier molecular flexibility index (Phi) is 4.90. The molecule has 0 unspecified atom stereocenters. The van der Waals surface area contributed by atoms with E-state index in [1.165, 1.54) is 30.3 Å². The van der Waals surface area contributed by atoms with Crippen LogP contribution in [-0.2, 0) is 9.47 Å². The standard InChI is InChI=1S/C16H15NO6/c1-3-22-15(18)13-8-10-5-6-12(17(20)21)7-11(10)9-14(13)16(19)23-4-2/h5-9H,3-4H2,1-2H3. The van der Waals surface area contributed by atoms with Crippen LogP contribution in [0.3, 0.4) is 0 Å². The van der Waals surface area contributed by atoms with Gasteiger partial charge in [0.1, 0.15) is 0 Å². The lowest BCUT2D eigenvalue weighted by Crippen LogP contribution is -2.14. The summed E-state index contributed by atoms with van der Waals surface area (Å²) in [5, 5.41) is 11.9. The first-order valence-electron chi connectivity index (χ1n) is 7.04. The van der Waals surface area contributed by atoms with Crippen molar-refractivity contribution < 1.29 is 24.0 Å². The Labute approximate surface area is 132 Å². The first-order valence-corrected chi connectivity index (χ1v) is 7.04. The van der Waals surface area contributed by atoms with Crippen molar-refractivity contribution in [3.8, 4) is 0 Å². The normalized spacial score (nSPS) is 10.3. The summed E-state index contributed by atoms with van der Waals surface area (Å²) in [7, 11) is 0. The van der Waals surface area contributed by atoms with E-state index >= 15 is 0 Å². The zero-order valence-electron chi connectivity index (χ0n) is 12.7. The molecule has 120 valence electrons. The fraction of sp³-hybridized carbons (Fsp3) is 0.250. The molecule has 0 N–H and O–H groups in total. The average molecular weight is 317 g/mol. The Morgan fingerprint density at radius 3 is 1.96 bits per heavy atom. The van der Waals surface area contributed by atoms with Gasteiger partial charge >= 0.3 is 11.9 Å². The summed E-state index contributed by atoms with van der Waals surface area (Å²) in [6.07, 6.45) is 0. The van der Waals surface area contributed by atoms with Gasteiger partial charge in [-0.15, -0.1) is 0 Å². The van der Waals surface area contributed by atoms with Crippen molar-refractivity contribution in [1.29, 1.82) is 0 Å². The largest absolute Gasteiger partial charge is 0.462 e. The highest BCUT2D eigenvalue weighted by molar-refractivity contribution is 6.07. The zero-order valence-corrected chi connectivity index (χ0v) is 12.7. The van der Waals surface area contributed by atoms with Crippen molar-refractivity contribution >= 4 is 28.4 Å². The monoisotopic (exact) mass is 317 g/mol. The number of esters is 2. The summed E-state index contributed by atoms with van der Waals surface area (Å²) < 4.78 is 9.90. The molecule has 0 aliphatic rings. The number of hydrogen-bond acceptors (Lipinski definition) is 6. The first kappa shape index (κ1) is 16.4. The zero-order chi connectivity index (χ0) is 17.0. The summed E-state index contributed by atoms with van der Waals surface area (Å²) in [5.74, 6) is -1.32. The van der Waals surface area contributed by atoms with E-state index in [4.69, 9.17) is 9.47 Å². The van der Waals surface area contributed by atoms with Gasteiger partial charge in [0.15, 0.2) is 0 Å². The van der Waals surface area contributed by atoms with Gasteiger partial charge in [0.05, 0.1) is 29.3 Å². The minimum Gasteiger partial charge on any atom is -0.462 e. The molecule has 0 heterocycles. The van der Waals surface area contributed by atoms with Crippen LogP contribution in [0.4, 0.5) is 5.69 Å². The number of nitrogens with zero attached hydrogens (tertiary/aromatic N) is 1. The van der Waals surface area contributed by atoms with Gasteiger partial charge in [0.2, 0.25) is 0 Å². The molecular weight excluding hydrogens is 302 g/mol. The van der Waals surface area contributed by atoms with E-state index in [0.29, 0.717) is 10.8 Å². The maximum Gasteiger partial charge on any atom is 0.339 e. The molecule has 0 saturated carbocycles. The van der Waals surface area contributed by atoms with Crippen molar-refractivity contribution in [2.45, 2.75) is 13.8 Å². The van der Waals surface area contributed by atoms with Crippen molar-refractivity contribution in [3.05, 3.63) is 51.6 Å². The Morgan fingerprint density at radius 1 is 0.957 bits per heavy atom. The molecule has 0 atom stereocenters. The smallest absolute Gasteiger partial charge is 0.339 e. The van der Waals surface area contributed by atoms with Crippen LogP contribution in [-0.4, -0.2) is 30.1 Å². The second kappa shape index (κ2) is 6.87. The van der Waals surface area contributed by atoms with E-state index in [1.54, 1.807) is 13.8 Å². The molecule has 0 spiro atoms. The molecular formula is C16H15NO6.